The van der Waals surface area contributed by atoms with Crippen LogP contribution in [0.4, 0.5) is 4.79 Å². The van der Waals surface area contributed by atoms with E-state index in [0.717, 1.165) is 18.6 Å². The summed E-state index contributed by atoms with van der Waals surface area (Å²) in [7, 11) is 0. The van der Waals surface area contributed by atoms with Crippen LogP contribution in [0.5, 0.6) is 0 Å². The minimum Gasteiger partial charge on any atom is -0.338 e. The lowest BCUT2D eigenvalue weighted by molar-refractivity contribution is 0.240. The van der Waals surface area contributed by atoms with Gasteiger partial charge in [-0.15, -0.1) is 11.8 Å². The summed E-state index contributed by atoms with van der Waals surface area (Å²) in [5.74, 6) is 1.16. The maximum atomic E-state index is 11.2. The molecule has 1 saturated heterocycles. The van der Waals surface area contributed by atoms with Crippen molar-refractivity contribution in [3.63, 3.8) is 0 Å². The SMILES string of the molecule is NCCCNC(=O)NC1CCCS1. The fourth-order valence-corrected chi connectivity index (χ4v) is 2.33. The first-order chi connectivity index (χ1) is 6.33. The van der Waals surface area contributed by atoms with Crippen LogP contribution < -0.4 is 16.4 Å². The first kappa shape index (κ1) is 10.7. The monoisotopic (exact) mass is 203 g/mol. The van der Waals surface area contributed by atoms with Crippen LogP contribution >= 0.6 is 11.8 Å². The van der Waals surface area contributed by atoms with Crippen LogP contribution in [0.2, 0.25) is 0 Å². The Morgan fingerprint density at radius 2 is 2.46 bits per heavy atom. The average molecular weight is 203 g/mol. The Labute approximate surface area is 83.0 Å². The lowest BCUT2D eigenvalue weighted by Gasteiger charge is -2.11. The molecular formula is C8H17N3OS. The molecule has 0 bridgehead atoms. The molecule has 13 heavy (non-hydrogen) atoms. The van der Waals surface area contributed by atoms with Crippen molar-refractivity contribution in [1.29, 1.82) is 0 Å². The standard InChI is InChI=1S/C8H17N3OS/c9-4-2-5-10-8(12)11-7-3-1-6-13-7/h7H,1-6,9H2,(H2,10,11,12). The van der Waals surface area contributed by atoms with E-state index in [1.165, 1.54) is 6.42 Å². The van der Waals surface area contributed by atoms with Crippen LogP contribution in [0.15, 0.2) is 0 Å². The van der Waals surface area contributed by atoms with E-state index >= 15 is 0 Å². The van der Waals surface area contributed by atoms with E-state index in [9.17, 15) is 4.79 Å². The predicted octanol–water partition coefficient (Wildman–Crippen LogP) is 0.487. The Bertz CT molecular complexity index is 159. The minimum absolute atomic E-state index is 0.0622. The van der Waals surface area contributed by atoms with Gasteiger partial charge in [0.25, 0.3) is 0 Å². The summed E-state index contributed by atoms with van der Waals surface area (Å²) in [6.45, 7) is 1.29. The van der Waals surface area contributed by atoms with Crippen LogP contribution in [-0.2, 0) is 0 Å². The van der Waals surface area contributed by atoms with E-state index in [1.54, 1.807) is 0 Å². The third-order valence-corrected chi connectivity index (χ3v) is 3.17. The maximum Gasteiger partial charge on any atom is 0.315 e. The molecule has 4 nitrogen and oxygen atoms in total. The van der Waals surface area contributed by atoms with E-state index in [4.69, 9.17) is 5.73 Å². The molecule has 1 rings (SSSR count). The Morgan fingerprint density at radius 3 is 3.08 bits per heavy atom. The highest BCUT2D eigenvalue weighted by Crippen LogP contribution is 2.23. The molecular weight excluding hydrogens is 186 g/mol. The maximum absolute atomic E-state index is 11.2. The van der Waals surface area contributed by atoms with Crippen molar-refractivity contribution < 1.29 is 4.79 Å². The van der Waals surface area contributed by atoms with Gasteiger partial charge in [-0.05, 0) is 31.6 Å². The van der Waals surface area contributed by atoms with Gasteiger partial charge in [0.15, 0.2) is 0 Å². The third-order valence-electron chi connectivity index (χ3n) is 1.89. The molecule has 1 aliphatic rings. The van der Waals surface area contributed by atoms with Gasteiger partial charge in [-0.25, -0.2) is 4.79 Å². The summed E-state index contributed by atoms with van der Waals surface area (Å²) in [5.41, 5.74) is 5.30. The molecule has 4 N–H and O–H groups in total. The molecule has 5 heteroatoms. The molecule has 0 radical (unpaired) electrons. The number of hydrogen-bond donors (Lipinski definition) is 3. The summed E-state index contributed by atoms with van der Waals surface area (Å²) in [4.78, 5) is 11.2. The first-order valence-electron chi connectivity index (χ1n) is 4.69. The van der Waals surface area contributed by atoms with E-state index in [2.05, 4.69) is 10.6 Å². The number of carbonyl (C=O) groups is 1. The predicted molar refractivity (Wildman–Crippen MR) is 55.7 cm³/mol. The number of amides is 2. The molecule has 76 valence electrons. The van der Waals surface area contributed by atoms with Gasteiger partial charge in [0.2, 0.25) is 0 Å². The Morgan fingerprint density at radius 1 is 1.62 bits per heavy atom. The fourth-order valence-electron chi connectivity index (χ4n) is 1.19. The lowest BCUT2D eigenvalue weighted by Crippen LogP contribution is -2.40. The highest BCUT2D eigenvalue weighted by molar-refractivity contribution is 8.00. The van der Waals surface area contributed by atoms with Crippen LogP contribution in [-0.4, -0.2) is 30.2 Å². The van der Waals surface area contributed by atoms with Crippen molar-refractivity contribution >= 4 is 17.8 Å². The molecule has 1 aliphatic heterocycles. The van der Waals surface area contributed by atoms with Crippen molar-refractivity contribution in [1.82, 2.24) is 10.6 Å². The zero-order chi connectivity index (χ0) is 9.52. The van der Waals surface area contributed by atoms with Crippen LogP contribution in [0, 0.1) is 0 Å². The smallest absolute Gasteiger partial charge is 0.315 e. The van der Waals surface area contributed by atoms with Gasteiger partial charge in [-0.1, -0.05) is 0 Å². The molecule has 0 spiro atoms. The largest absolute Gasteiger partial charge is 0.338 e. The van der Waals surface area contributed by atoms with E-state index < -0.39 is 0 Å². The quantitative estimate of drug-likeness (QED) is 0.582. The Hall–Kier alpha value is -0.420. The zero-order valence-electron chi connectivity index (χ0n) is 7.71. The van der Waals surface area contributed by atoms with Crippen molar-refractivity contribution in [3.05, 3.63) is 0 Å². The van der Waals surface area contributed by atoms with Crippen LogP contribution in [0.3, 0.4) is 0 Å². The average Bonchev–Trinajstić information content (AvgIpc) is 2.57. The number of carbonyl (C=O) groups excluding carboxylic acids is 1. The van der Waals surface area contributed by atoms with Gasteiger partial charge in [0.05, 0.1) is 5.37 Å². The highest BCUT2D eigenvalue weighted by atomic mass is 32.2. The molecule has 0 aromatic heterocycles. The molecule has 2 amide bonds. The second kappa shape index (κ2) is 6.10. The summed E-state index contributed by atoms with van der Waals surface area (Å²) in [5, 5.41) is 5.99. The van der Waals surface area contributed by atoms with Gasteiger partial charge in [0, 0.05) is 6.54 Å². The van der Waals surface area contributed by atoms with Gasteiger partial charge in [0.1, 0.15) is 0 Å². The number of thioether (sulfide) groups is 1. The number of urea groups is 1. The van der Waals surface area contributed by atoms with Gasteiger partial charge < -0.3 is 16.4 Å². The van der Waals surface area contributed by atoms with Gasteiger partial charge >= 0.3 is 6.03 Å². The summed E-state index contributed by atoms with van der Waals surface area (Å²) in [6, 6.07) is -0.0622. The fraction of sp³-hybridized carbons (Fsp3) is 0.875. The zero-order valence-corrected chi connectivity index (χ0v) is 8.53. The molecule has 0 saturated carbocycles. The molecule has 0 aromatic rings. The minimum atomic E-state index is -0.0622. The molecule has 1 heterocycles. The first-order valence-corrected chi connectivity index (χ1v) is 5.74. The molecule has 1 fully saturated rings. The van der Waals surface area contributed by atoms with Crippen molar-refractivity contribution in [2.75, 3.05) is 18.8 Å². The van der Waals surface area contributed by atoms with Crippen LogP contribution in [0.25, 0.3) is 0 Å². The molecule has 1 unspecified atom stereocenters. The van der Waals surface area contributed by atoms with Crippen molar-refractivity contribution in [3.8, 4) is 0 Å². The second-order valence-electron chi connectivity index (χ2n) is 3.04. The number of hydrogen-bond acceptors (Lipinski definition) is 3. The van der Waals surface area contributed by atoms with E-state index in [1.807, 2.05) is 11.8 Å². The summed E-state index contributed by atoms with van der Waals surface area (Å²) >= 11 is 1.81. The van der Waals surface area contributed by atoms with Crippen molar-refractivity contribution in [2.45, 2.75) is 24.6 Å². The number of nitrogens with two attached hydrogens (primary N) is 1. The third kappa shape index (κ3) is 4.38. The Balaban J connectivity index is 2.02. The lowest BCUT2D eigenvalue weighted by atomic mass is 10.3. The van der Waals surface area contributed by atoms with Gasteiger partial charge in [-0.2, -0.15) is 0 Å². The van der Waals surface area contributed by atoms with Crippen molar-refractivity contribution in [2.24, 2.45) is 5.73 Å². The van der Waals surface area contributed by atoms with E-state index in [-0.39, 0.29) is 6.03 Å². The summed E-state index contributed by atoms with van der Waals surface area (Å²) < 4.78 is 0. The topological polar surface area (TPSA) is 67.1 Å². The second-order valence-corrected chi connectivity index (χ2v) is 4.35. The number of rotatable bonds is 4. The van der Waals surface area contributed by atoms with Gasteiger partial charge in [-0.3, -0.25) is 0 Å². The van der Waals surface area contributed by atoms with Crippen LogP contribution in [0.1, 0.15) is 19.3 Å². The summed E-state index contributed by atoms with van der Waals surface area (Å²) in [6.07, 6.45) is 3.14. The molecule has 0 aromatic carbocycles. The molecule has 0 aliphatic carbocycles. The highest BCUT2D eigenvalue weighted by Gasteiger charge is 2.16. The number of nitrogens with one attached hydrogen (secondary N) is 2. The normalized spacial score (nSPS) is 21.5. The van der Waals surface area contributed by atoms with E-state index in [0.29, 0.717) is 18.5 Å². The molecule has 1 atom stereocenters. The Kier molecular flexibility index (Phi) is 5.00.